The summed E-state index contributed by atoms with van der Waals surface area (Å²) in [5, 5.41) is 3.77. The highest BCUT2D eigenvalue weighted by atomic mass is 19.1. The van der Waals surface area contributed by atoms with Gasteiger partial charge in [-0.2, -0.15) is 0 Å². The fourth-order valence-electron chi connectivity index (χ4n) is 2.82. The third kappa shape index (κ3) is 3.60. The molecule has 128 valence electrons. The predicted octanol–water partition coefficient (Wildman–Crippen LogP) is 3.26. The highest BCUT2D eigenvalue weighted by Gasteiger charge is 2.09. The molecule has 1 aromatic heterocycles. The van der Waals surface area contributed by atoms with Gasteiger partial charge in [0.1, 0.15) is 5.82 Å². The van der Waals surface area contributed by atoms with Crippen molar-refractivity contribution >= 4 is 16.8 Å². The fourth-order valence-corrected chi connectivity index (χ4v) is 2.82. The molecule has 1 amide bonds. The molecule has 3 rings (SSSR count). The monoisotopic (exact) mass is 338 g/mol. The second-order valence-corrected chi connectivity index (χ2v) is 6.12. The number of hydrogen-bond acceptors (Lipinski definition) is 2. The first-order valence-electron chi connectivity index (χ1n) is 8.11. The summed E-state index contributed by atoms with van der Waals surface area (Å²) in [4.78, 5) is 27.2. The van der Waals surface area contributed by atoms with Gasteiger partial charge in [0, 0.05) is 23.1 Å². The minimum atomic E-state index is -0.384. The molecule has 0 fully saturated rings. The number of benzene rings is 2. The Hall–Kier alpha value is -2.95. The van der Waals surface area contributed by atoms with Gasteiger partial charge in [0.05, 0.1) is 5.52 Å². The number of aromatic nitrogens is 1. The number of aryl methyl sites for hydroxylation is 2. The number of pyridine rings is 1. The van der Waals surface area contributed by atoms with Crippen LogP contribution in [0.5, 0.6) is 0 Å². The van der Waals surface area contributed by atoms with Gasteiger partial charge in [-0.05, 0) is 61.7 Å². The molecule has 3 aromatic rings. The van der Waals surface area contributed by atoms with Crippen molar-refractivity contribution in [3.05, 3.63) is 80.9 Å². The lowest BCUT2D eigenvalue weighted by molar-refractivity contribution is 0.0954. The number of amides is 1. The summed E-state index contributed by atoms with van der Waals surface area (Å²) >= 11 is 0. The summed E-state index contributed by atoms with van der Waals surface area (Å²) in [6.07, 6.45) is 0.422. The van der Waals surface area contributed by atoms with E-state index in [1.54, 1.807) is 0 Å². The lowest BCUT2D eigenvalue weighted by Gasteiger charge is -2.09. The van der Waals surface area contributed by atoms with E-state index in [4.69, 9.17) is 0 Å². The summed E-state index contributed by atoms with van der Waals surface area (Å²) in [7, 11) is 0. The van der Waals surface area contributed by atoms with Crippen LogP contribution < -0.4 is 10.9 Å². The minimum Gasteiger partial charge on any atom is -0.352 e. The molecule has 0 unspecified atom stereocenters. The number of halogens is 1. The maximum absolute atomic E-state index is 12.9. The van der Waals surface area contributed by atoms with Gasteiger partial charge in [0.25, 0.3) is 11.5 Å². The Morgan fingerprint density at radius 2 is 1.76 bits per heavy atom. The molecule has 0 saturated heterocycles. The third-order valence-corrected chi connectivity index (χ3v) is 4.31. The molecule has 0 bridgehead atoms. The average molecular weight is 338 g/mol. The Balaban J connectivity index is 1.74. The standard InChI is InChI=1S/C20H19FN2O2/c1-12-3-4-13(2)18-17(12)11-15(20(25)23-18)9-10-22-19(24)14-5-7-16(21)8-6-14/h3-8,11H,9-10H2,1-2H3,(H,22,24)(H,23,25). The number of fused-ring (bicyclic) bond motifs is 1. The van der Waals surface area contributed by atoms with E-state index >= 15 is 0 Å². The first-order chi connectivity index (χ1) is 12.0. The summed E-state index contributed by atoms with van der Waals surface area (Å²) < 4.78 is 12.9. The van der Waals surface area contributed by atoms with Crippen LogP contribution in [-0.2, 0) is 6.42 Å². The Kier molecular flexibility index (Phi) is 4.65. The fraction of sp³-hybridized carbons (Fsp3) is 0.200. The quantitative estimate of drug-likeness (QED) is 0.767. The lowest BCUT2D eigenvalue weighted by atomic mass is 10.0. The molecule has 2 aromatic carbocycles. The minimum absolute atomic E-state index is 0.141. The zero-order valence-electron chi connectivity index (χ0n) is 14.2. The largest absolute Gasteiger partial charge is 0.352 e. The van der Waals surface area contributed by atoms with Crippen molar-refractivity contribution in [2.45, 2.75) is 20.3 Å². The van der Waals surface area contributed by atoms with E-state index in [1.807, 2.05) is 32.0 Å². The molecule has 5 heteroatoms. The number of carbonyl (C=O) groups excluding carboxylic acids is 1. The number of nitrogens with one attached hydrogen (secondary N) is 2. The molecule has 0 aliphatic rings. The van der Waals surface area contributed by atoms with Crippen LogP contribution >= 0.6 is 0 Å². The van der Waals surface area contributed by atoms with E-state index in [9.17, 15) is 14.0 Å². The normalized spacial score (nSPS) is 10.8. The number of carbonyl (C=O) groups is 1. The van der Waals surface area contributed by atoms with Gasteiger partial charge in [0.15, 0.2) is 0 Å². The molecule has 0 aliphatic heterocycles. The van der Waals surface area contributed by atoms with Crippen LogP contribution in [0.1, 0.15) is 27.0 Å². The highest BCUT2D eigenvalue weighted by Crippen LogP contribution is 2.19. The maximum Gasteiger partial charge on any atom is 0.251 e. The average Bonchev–Trinajstić information content (AvgIpc) is 2.60. The van der Waals surface area contributed by atoms with Crippen molar-refractivity contribution in [3.63, 3.8) is 0 Å². The second-order valence-electron chi connectivity index (χ2n) is 6.12. The van der Waals surface area contributed by atoms with Crippen molar-refractivity contribution in [3.8, 4) is 0 Å². The van der Waals surface area contributed by atoms with E-state index in [0.717, 1.165) is 22.0 Å². The van der Waals surface area contributed by atoms with Gasteiger partial charge >= 0.3 is 0 Å². The number of rotatable bonds is 4. The first kappa shape index (κ1) is 16.9. The summed E-state index contributed by atoms with van der Waals surface area (Å²) in [6.45, 7) is 4.29. The van der Waals surface area contributed by atoms with Gasteiger partial charge in [-0.1, -0.05) is 12.1 Å². The van der Waals surface area contributed by atoms with Crippen molar-refractivity contribution in [1.29, 1.82) is 0 Å². The lowest BCUT2D eigenvalue weighted by Crippen LogP contribution is -2.27. The topological polar surface area (TPSA) is 62.0 Å². The molecule has 0 saturated carbocycles. The van der Waals surface area contributed by atoms with E-state index in [0.29, 0.717) is 24.1 Å². The van der Waals surface area contributed by atoms with Crippen LogP contribution in [0.25, 0.3) is 10.9 Å². The van der Waals surface area contributed by atoms with Gasteiger partial charge in [-0.3, -0.25) is 9.59 Å². The van der Waals surface area contributed by atoms with Crippen molar-refractivity contribution < 1.29 is 9.18 Å². The molecule has 2 N–H and O–H groups in total. The number of hydrogen-bond donors (Lipinski definition) is 2. The first-order valence-corrected chi connectivity index (χ1v) is 8.11. The summed E-state index contributed by atoms with van der Waals surface area (Å²) in [5.74, 6) is -0.672. The molecular formula is C20H19FN2O2. The van der Waals surface area contributed by atoms with Crippen LogP contribution in [0.2, 0.25) is 0 Å². The van der Waals surface area contributed by atoms with Crippen molar-refractivity contribution in [2.75, 3.05) is 6.54 Å². The SMILES string of the molecule is Cc1ccc(C)c2[nH]c(=O)c(CCNC(=O)c3ccc(F)cc3)cc12. The predicted molar refractivity (Wildman–Crippen MR) is 96.5 cm³/mol. The van der Waals surface area contributed by atoms with E-state index in [-0.39, 0.29) is 17.3 Å². The Morgan fingerprint density at radius 1 is 1.08 bits per heavy atom. The highest BCUT2D eigenvalue weighted by molar-refractivity contribution is 5.94. The second kappa shape index (κ2) is 6.89. The Bertz CT molecular complexity index is 991. The third-order valence-electron chi connectivity index (χ3n) is 4.31. The van der Waals surface area contributed by atoms with E-state index in [2.05, 4.69) is 10.3 Å². The zero-order chi connectivity index (χ0) is 18.0. The summed E-state index contributed by atoms with van der Waals surface area (Å²) in [5.41, 5.74) is 3.84. The zero-order valence-corrected chi connectivity index (χ0v) is 14.2. The number of aromatic amines is 1. The van der Waals surface area contributed by atoms with Crippen molar-refractivity contribution in [1.82, 2.24) is 10.3 Å². The van der Waals surface area contributed by atoms with Gasteiger partial charge < -0.3 is 10.3 Å². The van der Waals surface area contributed by atoms with Crippen molar-refractivity contribution in [2.24, 2.45) is 0 Å². The molecular weight excluding hydrogens is 319 g/mol. The van der Waals surface area contributed by atoms with Gasteiger partial charge in [-0.25, -0.2) is 4.39 Å². The Labute approximate surface area is 144 Å². The molecule has 25 heavy (non-hydrogen) atoms. The van der Waals surface area contributed by atoms with Crippen LogP contribution in [0, 0.1) is 19.7 Å². The number of H-pyrrole nitrogens is 1. The summed E-state index contributed by atoms with van der Waals surface area (Å²) in [6, 6.07) is 11.2. The molecule has 1 heterocycles. The molecule has 4 nitrogen and oxygen atoms in total. The van der Waals surface area contributed by atoms with Crippen LogP contribution in [0.4, 0.5) is 4.39 Å². The van der Waals surface area contributed by atoms with Gasteiger partial charge in [-0.15, -0.1) is 0 Å². The Morgan fingerprint density at radius 3 is 2.48 bits per heavy atom. The van der Waals surface area contributed by atoms with Crippen LogP contribution in [-0.4, -0.2) is 17.4 Å². The van der Waals surface area contributed by atoms with E-state index in [1.165, 1.54) is 24.3 Å². The smallest absolute Gasteiger partial charge is 0.251 e. The van der Waals surface area contributed by atoms with Crippen LogP contribution in [0.3, 0.4) is 0 Å². The molecule has 0 atom stereocenters. The maximum atomic E-state index is 12.9. The van der Waals surface area contributed by atoms with E-state index < -0.39 is 0 Å². The molecule has 0 spiro atoms. The van der Waals surface area contributed by atoms with Gasteiger partial charge in [0.2, 0.25) is 0 Å². The molecule has 0 aliphatic carbocycles. The van der Waals surface area contributed by atoms with Crippen LogP contribution in [0.15, 0.2) is 47.3 Å². The molecule has 0 radical (unpaired) electrons.